The highest BCUT2D eigenvalue weighted by atomic mass is 35.5. The van der Waals surface area contributed by atoms with Crippen molar-refractivity contribution in [2.24, 2.45) is 5.92 Å². The first kappa shape index (κ1) is 30.0. The summed E-state index contributed by atoms with van der Waals surface area (Å²) in [7, 11) is 1.39. The zero-order chi connectivity index (χ0) is 28.5. The summed E-state index contributed by atoms with van der Waals surface area (Å²) in [5, 5.41) is 3.08. The van der Waals surface area contributed by atoms with Crippen LogP contribution in [0.5, 0.6) is 17.2 Å². The molecular formula is C28H35ClN2O8. The van der Waals surface area contributed by atoms with E-state index in [4.69, 9.17) is 35.3 Å². The maximum atomic E-state index is 13.0. The Morgan fingerprint density at radius 3 is 2.49 bits per heavy atom. The SMILES string of the molecule is COc1ccnc(C(=O)N[C@@H](C)C(=O)O[C@@H](C)[C@H](Oc2ccc(C)cc2Cl)C2CCCC2)c1OCOC(C)=O. The van der Waals surface area contributed by atoms with Gasteiger partial charge < -0.3 is 29.0 Å². The highest BCUT2D eigenvalue weighted by Crippen LogP contribution is 2.35. The van der Waals surface area contributed by atoms with Crippen molar-refractivity contribution in [2.45, 2.75) is 71.6 Å². The average molecular weight is 563 g/mol. The molecule has 1 heterocycles. The number of aromatic nitrogens is 1. The summed E-state index contributed by atoms with van der Waals surface area (Å²) in [6, 6.07) is 6.04. The van der Waals surface area contributed by atoms with E-state index < -0.39 is 42.9 Å². The Morgan fingerprint density at radius 2 is 1.85 bits per heavy atom. The minimum atomic E-state index is -1.01. The fourth-order valence-corrected chi connectivity index (χ4v) is 4.73. The monoisotopic (exact) mass is 562 g/mol. The molecule has 0 aliphatic heterocycles. The summed E-state index contributed by atoms with van der Waals surface area (Å²) in [4.78, 5) is 41.2. The summed E-state index contributed by atoms with van der Waals surface area (Å²) in [5.74, 6) is -0.975. The van der Waals surface area contributed by atoms with Gasteiger partial charge in [0.25, 0.3) is 5.91 Å². The van der Waals surface area contributed by atoms with Crippen LogP contribution in [0.3, 0.4) is 0 Å². The highest BCUT2D eigenvalue weighted by Gasteiger charge is 2.35. The van der Waals surface area contributed by atoms with Crippen LogP contribution >= 0.6 is 11.6 Å². The fourth-order valence-electron chi connectivity index (χ4n) is 4.45. The molecule has 1 aliphatic carbocycles. The third-order valence-electron chi connectivity index (χ3n) is 6.45. The standard InChI is InChI=1S/C28H35ClN2O8/c1-16-10-11-22(21(29)14-16)39-25(20-8-6-7-9-20)18(3)38-28(34)17(2)31-27(33)24-26(37-15-36-19(4)32)23(35-5)12-13-30-24/h10-14,17-18,20,25H,6-9,15H2,1-5H3,(H,31,33)/t17-,18-,25-/m0/s1. The number of methoxy groups -OCH3 is 1. The number of halogens is 1. The highest BCUT2D eigenvalue weighted by molar-refractivity contribution is 6.32. The van der Waals surface area contributed by atoms with Crippen LogP contribution in [0.1, 0.15) is 62.5 Å². The number of carbonyl (C=O) groups is 3. The Hall–Kier alpha value is -3.53. The van der Waals surface area contributed by atoms with Crippen molar-refractivity contribution < 1.29 is 38.1 Å². The molecule has 39 heavy (non-hydrogen) atoms. The smallest absolute Gasteiger partial charge is 0.328 e. The molecule has 0 bridgehead atoms. The molecule has 2 aromatic rings. The number of benzene rings is 1. The number of rotatable bonds is 12. The molecule has 1 aliphatic rings. The minimum absolute atomic E-state index is 0.0302. The van der Waals surface area contributed by atoms with Crippen LogP contribution in [-0.2, 0) is 19.1 Å². The second-order valence-electron chi connectivity index (χ2n) is 9.49. The van der Waals surface area contributed by atoms with Gasteiger partial charge in [-0.3, -0.25) is 9.59 Å². The van der Waals surface area contributed by atoms with Gasteiger partial charge in [0.2, 0.25) is 6.79 Å². The number of carbonyl (C=O) groups excluding carboxylic acids is 3. The lowest BCUT2D eigenvalue weighted by atomic mass is 9.96. The van der Waals surface area contributed by atoms with Crippen LogP contribution in [0, 0.1) is 12.8 Å². The van der Waals surface area contributed by atoms with Crippen LogP contribution in [-0.4, -0.2) is 55.0 Å². The average Bonchev–Trinajstić information content (AvgIpc) is 3.42. The van der Waals surface area contributed by atoms with E-state index in [9.17, 15) is 14.4 Å². The number of nitrogens with one attached hydrogen (secondary N) is 1. The summed E-state index contributed by atoms with van der Waals surface area (Å²) in [5.41, 5.74) is 0.870. The Balaban J connectivity index is 1.68. The minimum Gasteiger partial charge on any atom is -0.493 e. The van der Waals surface area contributed by atoms with Gasteiger partial charge in [0.1, 0.15) is 24.0 Å². The number of nitrogens with zero attached hydrogens (tertiary/aromatic N) is 1. The van der Waals surface area contributed by atoms with Crippen molar-refractivity contribution in [2.75, 3.05) is 13.9 Å². The normalized spacial score (nSPS) is 15.5. The van der Waals surface area contributed by atoms with Gasteiger partial charge in [0, 0.05) is 19.2 Å². The van der Waals surface area contributed by atoms with Gasteiger partial charge in [-0.15, -0.1) is 0 Å². The molecule has 212 valence electrons. The van der Waals surface area contributed by atoms with E-state index in [0.29, 0.717) is 10.8 Å². The molecule has 1 aromatic carbocycles. The zero-order valence-corrected chi connectivity index (χ0v) is 23.6. The van der Waals surface area contributed by atoms with Gasteiger partial charge in [-0.2, -0.15) is 0 Å². The van der Waals surface area contributed by atoms with E-state index in [0.717, 1.165) is 31.2 Å². The Bertz CT molecular complexity index is 1170. The van der Waals surface area contributed by atoms with Crippen LogP contribution in [0.25, 0.3) is 0 Å². The molecule has 3 rings (SSSR count). The molecular weight excluding hydrogens is 528 g/mol. The first-order valence-electron chi connectivity index (χ1n) is 12.8. The maximum absolute atomic E-state index is 13.0. The third kappa shape index (κ3) is 8.23. The molecule has 10 nitrogen and oxygen atoms in total. The summed E-state index contributed by atoms with van der Waals surface area (Å²) >= 11 is 6.41. The van der Waals surface area contributed by atoms with Crippen LogP contribution < -0.4 is 19.5 Å². The van der Waals surface area contributed by atoms with Crippen molar-refractivity contribution in [1.29, 1.82) is 0 Å². The molecule has 1 amide bonds. The van der Waals surface area contributed by atoms with E-state index in [-0.39, 0.29) is 23.1 Å². The maximum Gasteiger partial charge on any atom is 0.328 e. The van der Waals surface area contributed by atoms with Gasteiger partial charge >= 0.3 is 11.9 Å². The van der Waals surface area contributed by atoms with Crippen molar-refractivity contribution in [3.8, 4) is 17.2 Å². The molecule has 0 spiro atoms. The summed E-state index contributed by atoms with van der Waals surface area (Å²) in [6.45, 7) is 6.01. The fraction of sp³-hybridized carbons (Fsp3) is 0.500. The van der Waals surface area contributed by atoms with Gasteiger partial charge in [0.05, 0.1) is 12.1 Å². The Morgan fingerprint density at radius 1 is 1.13 bits per heavy atom. The summed E-state index contributed by atoms with van der Waals surface area (Å²) < 4.78 is 27.5. The molecule has 1 fully saturated rings. The van der Waals surface area contributed by atoms with E-state index >= 15 is 0 Å². The first-order valence-corrected chi connectivity index (χ1v) is 13.2. The number of amides is 1. The Kier molecular flexibility index (Phi) is 10.8. The van der Waals surface area contributed by atoms with Crippen molar-refractivity contribution in [1.82, 2.24) is 10.3 Å². The van der Waals surface area contributed by atoms with E-state index in [1.54, 1.807) is 6.92 Å². The van der Waals surface area contributed by atoms with Gasteiger partial charge in [-0.25, -0.2) is 9.78 Å². The number of aryl methyl sites for hydroxylation is 1. The number of pyridine rings is 1. The second kappa shape index (κ2) is 14.0. The lowest BCUT2D eigenvalue weighted by Gasteiger charge is -2.31. The van der Waals surface area contributed by atoms with Crippen molar-refractivity contribution in [3.05, 3.63) is 46.7 Å². The largest absolute Gasteiger partial charge is 0.493 e. The lowest BCUT2D eigenvalue weighted by molar-refractivity contribution is -0.156. The number of hydrogen-bond acceptors (Lipinski definition) is 9. The van der Waals surface area contributed by atoms with E-state index in [1.807, 2.05) is 25.1 Å². The first-order chi connectivity index (χ1) is 18.6. The Labute approximate surface area is 233 Å². The predicted octanol–water partition coefficient (Wildman–Crippen LogP) is 4.64. The molecule has 0 radical (unpaired) electrons. The molecule has 1 aromatic heterocycles. The number of hydrogen-bond donors (Lipinski definition) is 1. The summed E-state index contributed by atoms with van der Waals surface area (Å²) in [6.07, 6.45) is 4.43. The van der Waals surface area contributed by atoms with Gasteiger partial charge in [-0.05, 0) is 57.2 Å². The number of ether oxygens (including phenoxy) is 5. The van der Waals surface area contributed by atoms with E-state index in [1.165, 1.54) is 33.2 Å². The molecule has 11 heteroatoms. The lowest BCUT2D eigenvalue weighted by Crippen LogP contribution is -2.45. The quantitative estimate of drug-likeness (QED) is 0.291. The van der Waals surface area contributed by atoms with Crippen molar-refractivity contribution in [3.63, 3.8) is 0 Å². The van der Waals surface area contributed by atoms with Crippen LogP contribution in [0.15, 0.2) is 30.5 Å². The molecule has 0 saturated heterocycles. The topological polar surface area (TPSA) is 122 Å². The van der Waals surface area contributed by atoms with Crippen molar-refractivity contribution >= 4 is 29.4 Å². The third-order valence-corrected chi connectivity index (χ3v) is 6.74. The number of esters is 2. The van der Waals surface area contributed by atoms with E-state index in [2.05, 4.69) is 10.3 Å². The zero-order valence-electron chi connectivity index (χ0n) is 22.8. The molecule has 0 unspecified atom stereocenters. The second-order valence-corrected chi connectivity index (χ2v) is 9.89. The molecule has 1 N–H and O–H groups in total. The predicted molar refractivity (Wildman–Crippen MR) is 143 cm³/mol. The van der Waals surface area contributed by atoms with Crippen LogP contribution in [0.4, 0.5) is 0 Å². The van der Waals surface area contributed by atoms with Gasteiger partial charge in [0.15, 0.2) is 17.2 Å². The van der Waals surface area contributed by atoms with Gasteiger partial charge in [-0.1, -0.05) is 30.5 Å². The molecule has 1 saturated carbocycles. The molecule has 3 atom stereocenters. The van der Waals surface area contributed by atoms with Crippen LogP contribution in [0.2, 0.25) is 5.02 Å².